The van der Waals surface area contributed by atoms with E-state index in [9.17, 15) is 15.2 Å². The zero-order valence-corrected chi connectivity index (χ0v) is 11.4. The van der Waals surface area contributed by atoms with Crippen molar-refractivity contribution in [3.8, 4) is 0 Å². The van der Waals surface area contributed by atoms with E-state index in [4.69, 9.17) is 0 Å². The maximum Gasteiger partial charge on any atom is 0.333 e. The number of hydrogen-bond acceptors (Lipinski definition) is 5. The van der Waals surface area contributed by atoms with Crippen LogP contribution in [0, 0.1) is 17.0 Å². The molecule has 1 aliphatic heterocycles. The quantitative estimate of drug-likeness (QED) is 0.645. The highest BCUT2D eigenvalue weighted by molar-refractivity contribution is 5.62. The number of rotatable bonds is 5. The third-order valence-electron chi connectivity index (χ3n) is 3.55. The molecule has 1 saturated heterocycles. The highest BCUT2D eigenvalue weighted by Gasteiger charge is 2.35. The average Bonchev–Trinajstić information content (AvgIpc) is 2.92. The lowest BCUT2D eigenvalue weighted by molar-refractivity contribution is -0.384. The van der Waals surface area contributed by atoms with Gasteiger partial charge in [0.1, 0.15) is 5.69 Å². The second kappa shape index (κ2) is 5.56. The fourth-order valence-corrected chi connectivity index (χ4v) is 2.73. The molecular weight excluding hydrogens is 248 g/mol. The van der Waals surface area contributed by atoms with Crippen LogP contribution in [0.2, 0.25) is 0 Å². The highest BCUT2D eigenvalue weighted by atomic mass is 16.6. The van der Waals surface area contributed by atoms with Crippen molar-refractivity contribution in [1.82, 2.24) is 9.78 Å². The number of aliphatic hydroxyl groups is 1. The standard InChI is InChI=1S/C12H20N4O3/c1-3-6-15-12(11(16(18)19)9(2)13-15)14-7-4-5-10(14)8-17/h10,17H,3-8H2,1-2H3. The Kier molecular flexibility index (Phi) is 4.04. The molecule has 1 N–H and O–H groups in total. The molecule has 0 spiro atoms. The van der Waals surface area contributed by atoms with Gasteiger partial charge in [-0.05, 0) is 26.2 Å². The molecule has 1 aromatic heterocycles. The van der Waals surface area contributed by atoms with Gasteiger partial charge in [-0.3, -0.25) is 10.1 Å². The lowest BCUT2D eigenvalue weighted by Crippen LogP contribution is -2.34. The normalized spacial score (nSPS) is 19.1. The first-order chi connectivity index (χ1) is 9.10. The SMILES string of the molecule is CCCn1nc(C)c([N+](=O)[O-])c1N1CCCC1CO. The van der Waals surface area contributed by atoms with Crippen LogP contribution in [0.3, 0.4) is 0 Å². The number of hydrogen-bond donors (Lipinski definition) is 1. The summed E-state index contributed by atoms with van der Waals surface area (Å²) in [6, 6.07) is -0.0367. The van der Waals surface area contributed by atoms with Gasteiger partial charge in [0.05, 0.1) is 17.6 Å². The fraction of sp³-hybridized carbons (Fsp3) is 0.750. The van der Waals surface area contributed by atoms with E-state index in [0.717, 1.165) is 25.8 Å². The van der Waals surface area contributed by atoms with Crippen molar-refractivity contribution in [2.24, 2.45) is 0 Å². The van der Waals surface area contributed by atoms with Gasteiger partial charge in [0.25, 0.3) is 0 Å². The fourth-order valence-electron chi connectivity index (χ4n) is 2.73. The van der Waals surface area contributed by atoms with E-state index in [1.165, 1.54) is 0 Å². The van der Waals surface area contributed by atoms with Crippen LogP contribution >= 0.6 is 0 Å². The minimum absolute atomic E-state index is 0.0213. The van der Waals surface area contributed by atoms with Crippen LogP contribution in [0.4, 0.5) is 11.5 Å². The van der Waals surface area contributed by atoms with E-state index in [-0.39, 0.29) is 23.3 Å². The number of nitrogens with zero attached hydrogens (tertiary/aromatic N) is 4. The Morgan fingerprint density at radius 3 is 2.89 bits per heavy atom. The Morgan fingerprint density at radius 1 is 1.58 bits per heavy atom. The molecule has 0 saturated carbocycles. The van der Waals surface area contributed by atoms with Gasteiger partial charge < -0.3 is 10.0 Å². The summed E-state index contributed by atoms with van der Waals surface area (Å²) in [5.74, 6) is 0.556. The molecule has 2 heterocycles. The number of anilines is 1. The molecule has 0 amide bonds. The van der Waals surface area contributed by atoms with Gasteiger partial charge in [0.2, 0.25) is 5.82 Å². The number of aryl methyl sites for hydroxylation is 2. The zero-order chi connectivity index (χ0) is 14.0. The molecule has 106 valence electrons. The molecule has 1 unspecified atom stereocenters. The second-order valence-electron chi connectivity index (χ2n) is 4.91. The van der Waals surface area contributed by atoms with E-state index >= 15 is 0 Å². The van der Waals surface area contributed by atoms with Crippen molar-refractivity contribution in [2.45, 2.75) is 45.7 Å². The Morgan fingerprint density at radius 2 is 2.32 bits per heavy atom. The summed E-state index contributed by atoms with van der Waals surface area (Å²) in [5.41, 5.74) is 0.519. The molecular formula is C12H20N4O3. The summed E-state index contributed by atoms with van der Waals surface area (Å²) in [7, 11) is 0. The van der Waals surface area contributed by atoms with Crippen LogP contribution in [0.25, 0.3) is 0 Å². The first-order valence-corrected chi connectivity index (χ1v) is 6.69. The van der Waals surface area contributed by atoms with Gasteiger partial charge in [-0.25, -0.2) is 4.68 Å². The van der Waals surface area contributed by atoms with Crippen molar-refractivity contribution in [2.75, 3.05) is 18.1 Å². The van der Waals surface area contributed by atoms with Gasteiger partial charge >= 0.3 is 5.69 Å². The second-order valence-corrected chi connectivity index (χ2v) is 4.91. The Bertz CT molecular complexity index is 472. The molecule has 0 bridgehead atoms. The summed E-state index contributed by atoms with van der Waals surface area (Å²) in [6.45, 7) is 5.09. The smallest absolute Gasteiger partial charge is 0.333 e. The predicted molar refractivity (Wildman–Crippen MR) is 71.4 cm³/mol. The summed E-state index contributed by atoms with van der Waals surface area (Å²) < 4.78 is 1.71. The minimum Gasteiger partial charge on any atom is -0.394 e. The van der Waals surface area contributed by atoms with E-state index in [1.54, 1.807) is 11.6 Å². The molecule has 7 heteroatoms. The molecule has 1 aromatic rings. The molecule has 0 aliphatic carbocycles. The van der Waals surface area contributed by atoms with Crippen LogP contribution in [0.1, 0.15) is 31.9 Å². The van der Waals surface area contributed by atoms with Gasteiger partial charge in [0.15, 0.2) is 0 Å². The van der Waals surface area contributed by atoms with E-state index in [1.807, 2.05) is 11.8 Å². The lowest BCUT2D eigenvalue weighted by Gasteiger charge is -2.24. The number of nitro groups is 1. The number of aromatic nitrogens is 2. The average molecular weight is 268 g/mol. The Hall–Kier alpha value is -1.63. The Labute approximate surface area is 112 Å². The van der Waals surface area contributed by atoms with Crippen molar-refractivity contribution in [3.63, 3.8) is 0 Å². The van der Waals surface area contributed by atoms with Gasteiger partial charge in [-0.2, -0.15) is 5.10 Å². The van der Waals surface area contributed by atoms with Crippen LogP contribution < -0.4 is 4.90 Å². The largest absolute Gasteiger partial charge is 0.394 e. The molecule has 1 fully saturated rings. The van der Waals surface area contributed by atoms with E-state index in [2.05, 4.69) is 5.10 Å². The van der Waals surface area contributed by atoms with Crippen molar-refractivity contribution in [1.29, 1.82) is 0 Å². The van der Waals surface area contributed by atoms with Crippen LogP contribution in [0.15, 0.2) is 0 Å². The molecule has 0 aromatic carbocycles. The third kappa shape index (κ3) is 2.42. The van der Waals surface area contributed by atoms with E-state index < -0.39 is 0 Å². The highest BCUT2D eigenvalue weighted by Crippen LogP contribution is 2.36. The number of aliphatic hydroxyl groups excluding tert-OH is 1. The zero-order valence-electron chi connectivity index (χ0n) is 11.4. The molecule has 19 heavy (non-hydrogen) atoms. The summed E-state index contributed by atoms with van der Waals surface area (Å²) in [6.07, 6.45) is 2.67. The van der Waals surface area contributed by atoms with Crippen molar-refractivity contribution >= 4 is 11.5 Å². The van der Waals surface area contributed by atoms with Gasteiger partial charge in [-0.1, -0.05) is 6.92 Å². The van der Waals surface area contributed by atoms with E-state index in [0.29, 0.717) is 18.1 Å². The molecule has 1 atom stereocenters. The van der Waals surface area contributed by atoms with Crippen molar-refractivity contribution in [3.05, 3.63) is 15.8 Å². The molecule has 7 nitrogen and oxygen atoms in total. The molecule has 0 radical (unpaired) electrons. The van der Waals surface area contributed by atoms with Crippen LogP contribution in [-0.2, 0) is 6.54 Å². The summed E-state index contributed by atoms with van der Waals surface area (Å²) in [5, 5.41) is 25.0. The molecule has 2 rings (SSSR count). The summed E-state index contributed by atoms with van der Waals surface area (Å²) in [4.78, 5) is 12.8. The molecule has 1 aliphatic rings. The predicted octanol–water partition coefficient (Wildman–Crippen LogP) is 1.47. The van der Waals surface area contributed by atoms with Crippen molar-refractivity contribution < 1.29 is 10.0 Å². The maximum atomic E-state index is 11.3. The monoisotopic (exact) mass is 268 g/mol. The first-order valence-electron chi connectivity index (χ1n) is 6.69. The first kappa shape index (κ1) is 13.8. The van der Waals surface area contributed by atoms with Gasteiger partial charge in [0, 0.05) is 13.1 Å². The maximum absolute atomic E-state index is 11.3. The summed E-state index contributed by atoms with van der Waals surface area (Å²) >= 11 is 0. The minimum atomic E-state index is -0.365. The van der Waals surface area contributed by atoms with Crippen LogP contribution in [0.5, 0.6) is 0 Å². The van der Waals surface area contributed by atoms with Crippen LogP contribution in [-0.4, -0.2) is 39.0 Å². The topological polar surface area (TPSA) is 84.4 Å². The van der Waals surface area contributed by atoms with Gasteiger partial charge in [-0.15, -0.1) is 0 Å². The Balaban J connectivity index is 2.48. The lowest BCUT2D eigenvalue weighted by atomic mass is 10.2. The third-order valence-corrected chi connectivity index (χ3v) is 3.55.